The number of urea groups is 1. The van der Waals surface area contributed by atoms with Gasteiger partial charge in [-0.15, -0.1) is 0 Å². The summed E-state index contributed by atoms with van der Waals surface area (Å²) in [5, 5.41) is 29.7. The molecule has 2 aliphatic heterocycles. The molecule has 2 heterocycles. The van der Waals surface area contributed by atoms with Gasteiger partial charge >= 0.3 is 6.03 Å². The summed E-state index contributed by atoms with van der Waals surface area (Å²) in [6.07, 6.45) is -6.18. The quantitative estimate of drug-likeness (QED) is 0.460. The van der Waals surface area contributed by atoms with Gasteiger partial charge in [0.1, 0.15) is 18.4 Å². The molecule has 1 unspecified atom stereocenters. The standard InChI is InChI=1S/C9H15FN2O5/c10-6-7(15)4(3-13)17-8(6)12-2-1-5(14)11-9(12)16/h4-8,13-15H,1-3H2,(H,11,16)/t4-,5-,6+,7-,8?/m1/s1. The van der Waals surface area contributed by atoms with Crippen LogP contribution in [0.15, 0.2) is 0 Å². The SMILES string of the molecule is O=C1N[C@H](O)CCN1C1O[C@H](CO)[C@@H](O)[C@@H]1F. The summed E-state index contributed by atoms with van der Waals surface area (Å²) in [6.45, 7) is -0.390. The highest BCUT2D eigenvalue weighted by molar-refractivity contribution is 5.75. The van der Waals surface area contributed by atoms with Crippen molar-refractivity contribution in [3.05, 3.63) is 0 Å². The van der Waals surface area contributed by atoms with Crippen LogP contribution in [0.2, 0.25) is 0 Å². The maximum Gasteiger partial charge on any atom is 0.321 e. The van der Waals surface area contributed by atoms with E-state index in [2.05, 4.69) is 5.32 Å². The van der Waals surface area contributed by atoms with Crippen LogP contribution in [0.3, 0.4) is 0 Å². The lowest BCUT2D eigenvalue weighted by Crippen LogP contribution is -2.57. The molecule has 2 rings (SSSR count). The zero-order valence-corrected chi connectivity index (χ0v) is 8.99. The van der Waals surface area contributed by atoms with Crippen LogP contribution in [-0.2, 0) is 4.74 Å². The zero-order chi connectivity index (χ0) is 12.6. The van der Waals surface area contributed by atoms with Crippen LogP contribution in [0.1, 0.15) is 6.42 Å². The van der Waals surface area contributed by atoms with Gasteiger partial charge in [-0.25, -0.2) is 9.18 Å². The van der Waals surface area contributed by atoms with E-state index in [1.165, 1.54) is 0 Å². The molecule has 0 spiro atoms. The van der Waals surface area contributed by atoms with Crippen LogP contribution < -0.4 is 5.32 Å². The normalized spacial score (nSPS) is 42.7. The molecule has 0 bridgehead atoms. The van der Waals surface area contributed by atoms with E-state index in [0.29, 0.717) is 0 Å². The van der Waals surface area contributed by atoms with Crippen molar-refractivity contribution in [2.75, 3.05) is 13.2 Å². The number of nitrogens with zero attached hydrogens (tertiary/aromatic N) is 1. The first-order valence-corrected chi connectivity index (χ1v) is 5.38. The van der Waals surface area contributed by atoms with Crippen molar-refractivity contribution in [1.29, 1.82) is 0 Å². The van der Waals surface area contributed by atoms with Crippen molar-refractivity contribution in [3.8, 4) is 0 Å². The maximum absolute atomic E-state index is 13.7. The summed E-state index contributed by atoms with van der Waals surface area (Å²) in [6, 6.07) is -0.651. The highest BCUT2D eigenvalue weighted by Crippen LogP contribution is 2.27. The lowest BCUT2D eigenvalue weighted by atomic mass is 10.1. The average Bonchev–Trinajstić information content (AvgIpc) is 2.57. The summed E-state index contributed by atoms with van der Waals surface area (Å²) in [5.41, 5.74) is 0. The topological polar surface area (TPSA) is 102 Å². The third-order valence-corrected chi connectivity index (χ3v) is 2.98. The van der Waals surface area contributed by atoms with E-state index in [0.717, 1.165) is 4.90 Å². The first-order chi connectivity index (χ1) is 8.04. The molecule has 0 saturated carbocycles. The second kappa shape index (κ2) is 4.73. The Morgan fingerprint density at radius 2 is 2.24 bits per heavy atom. The van der Waals surface area contributed by atoms with Crippen LogP contribution in [0.5, 0.6) is 0 Å². The van der Waals surface area contributed by atoms with Crippen molar-refractivity contribution in [1.82, 2.24) is 10.2 Å². The molecule has 2 saturated heterocycles. The number of aliphatic hydroxyl groups excluding tert-OH is 3. The van der Waals surface area contributed by atoms with Gasteiger partial charge in [-0.3, -0.25) is 4.90 Å². The van der Waals surface area contributed by atoms with Gasteiger partial charge in [0.2, 0.25) is 0 Å². The molecule has 0 aliphatic carbocycles. The molecule has 98 valence electrons. The Kier molecular flexibility index (Phi) is 3.48. The monoisotopic (exact) mass is 250 g/mol. The minimum Gasteiger partial charge on any atom is -0.394 e. The number of carbonyl (C=O) groups excluding carboxylic acids is 1. The van der Waals surface area contributed by atoms with Crippen LogP contribution in [0.4, 0.5) is 9.18 Å². The molecule has 4 N–H and O–H groups in total. The highest BCUT2D eigenvalue weighted by atomic mass is 19.1. The lowest BCUT2D eigenvalue weighted by molar-refractivity contribution is -0.0804. The highest BCUT2D eigenvalue weighted by Gasteiger charge is 2.48. The number of hydrogen-bond acceptors (Lipinski definition) is 5. The number of alkyl halides is 1. The van der Waals surface area contributed by atoms with E-state index < -0.39 is 43.5 Å². The fourth-order valence-corrected chi connectivity index (χ4v) is 2.01. The number of aliphatic hydroxyl groups is 3. The van der Waals surface area contributed by atoms with Crippen LogP contribution >= 0.6 is 0 Å². The Hall–Kier alpha value is -0.960. The third-order valence-electron chi connectivity index (χ3n) is 2.98. The molecule has 2 fully saturated rings. The van der Waals surface area contributed by atoms with Crippen molar-refractivity contribution in [3.63, 3.8) is 0 Å². The van der Waals surface area contributed by atoms with E-state index in [-0.39, 0.29) is 13.0 Å². The molecule has 8 heteroatoms. The predicted octanol–water partition coefficient (Wildman–Crippen LogP) is -1.86. The molecular formula is C9H15FN2O5. The van der Waals surface area contributed by atoms with Gasteiger partial charge < -0.3 is 25.4 Å². The Bertz CT molecular complexity index is 305. The van der Waals surface area contributed by atoms with Crippen LogP contribution in [0.25, 0.3) is 0 Å². The van der Waals surface area contributed by atoms with Gasteiger partial charge in [-0.2, -0.15) is 0 Å². The number of rotatable bonds is 2. The molecule has 2 amide bonds. The summed E-state index contributed by atoms with van der Waals surface area (Å²) < 4.78 is 18.8. The fraction of sp³-hybridized carbons (Fsp3) is 0.889. The Morgan fingerprint density at radius 1 is 1.53 bits per heavy atom. The first-order valence-electron chi connectivity index (χ1n) is 5.38. The number of carbonyl (C=O) groups is 1. The maximum atomic E-state index is 13.7. The smallest absolute Gasteiger partial charge is 0.321 e. The van der Waals surface area contributed by atoms with Crippen molar-refractivity contribution in [2.24, 2.45) is 0 Å². The molecule has 17 heavy (non-hydrogen) atoms. The van der Waals surface area contributed by atoms with Crippen molar-refractivity contribution < 1.29 is 29.2 Å². The Balaban J connectivity index is 2.05. The number of amides is 2. The molecule has 5 atom stereocenters. The van der Waals surface area contributed by atoms with Gasteiger partial charge in [0.25, 0.3) is 0 Å². The number of nitrogens with one attached hydrogen (secondary N) is 1. The molecule has 0 aromatic carbocycles. The van der Waals surface area contributed by atoms with Crippen molar-refractivity contribution >= 4 is 6.03 Å². The van der Waals surface area contributed by atoms with Crippen LogP contribution in [0, 0.1) is 0 Å². The van der Waals surface area contributed by atoms with E-state index in [4.69, 9.17) is 9.84 Å². The minimum absolute atomic E-state index is 0.128. The molecule has 7 nitrogen and oxygen atoms in total. The summed E-state index contributed by atoms with van der Waals surface area (Å²) in [5.74, 6) is 0. The first kappa shape index (κ1) is 12.5. The Morgan fingerprint density at radius 3 is 2.76 bits per heavy atom. The third kappa shape index (κ3) is 2.21. The molecule has 0 aromatic heterocycles. The van der Waals surface area contributed by atoms with E-state index in [1.54, 1.807) is 0 Å². The second-order valence-electron chi connectivity index (χ2n) is 4.13. The van der Waals surface area contributed by atoms with Gasteiger partial charge in [0.15, 0.2) is 12.4 Å². The molecule has 0 radical (unpaired) electrons. The number of ether oxygens (including phenoxy) is 1. The van der Waals surface area contributed by atoms with E-state index in [9.17, 15) is 19.4 Å². The minimum atomic E-state index is -1.77. The van der Waals surface area contributed by atoms with Gasteiger partial charge in [-0.1, -0.05) is 0 Å². The fourth-order valence-electron chi connectivity index (χ4n) is 2.01. The largest absolute Gasteiger partial charge is 0.394 e. The summed E-state index contributed by atoms with van der Waals surface area (Å²) in [4.78, 5) is 12.6. The number of halogens is 1. The lowest BCUT2D eigenvalue weighted by Gasteiger charge is -2.34. The van der Waals surface area contributed by atoms with E-state index in [1.807, 2.05) is 0 Å². The average molecular weight is 250 g/mol. The number of hydrogen-bond donors (Lipinski definition) is 4. The summed E-state index contributed by atoms with van der Waals surface area (Å²) >= 11 is 0. The van der Waals surface area contributed by atoms with Gasteiger partial charge in [0.05, 0.1) is 6.61 Å². The van der Waals surface area contributed by atoms with Gasteiger partial charge in [-0.05, 0) is 0 Å². The molecular weight excluding hydrogens is 235 g/mol. The van der Waals surface area contributed by atoms with Crippen LogP contribution in [-0.4, -0.2) is 70.2 Å². The molecule has 2 aliphatic rings. The van der Waals surface area contributed by atoms with Gasteiger partial charge in [0, 0.05) is 13.0 Å². The van der Waals surface area contributed by atoms with E-state index >= 15 is 0 Å². The van der Waals surface area contributed by atoms with Crippen molar-refractivity contribution in [2.45, 2.75) is 37.3 Å². The zero-order valence-electron chi connectivity index (χ0n) is 8.99. The second-order valence-corrected chi connectivity index (χ2v) is 4.13. The Labute approximate surface area is 96.8 Å². The predicted molar refractivity (Wildman–Crippen MR) is 52.5 cm³/mol. The molecule has 0 aromatic rings. The summed E-state index contributed by atoms with van der Waals surface area (Å²) in [7, 11) is 0.